The van der Waals surface area contributed by atoms with Crippen LogP contribution in [0.2, 0.25) is 0 Å². The Bertz CT molecular complexity index is 1410. The average Bonchev–Trinajstić information content (AvgIpc) is 3.75. The SMILES string of the molecule is CCCCCC(N1C(=O)C=CC1=O)N1C(=O)C=CC1=O.O=C(OCCS(=O)(=O)CCOC(=O)ON1C(=O)CCC1=O)ON1C(=O)CCC1=O. The molecule has 4 aliphatic heterocycles. The molecule has 4 heterocycles. The van der Waals surface area contributed by atoms with E-state index in [0.717, 1.165) is 53.4 Å². The fourth-order valence-corrected chi connectivity index (χ4v) is 5.36. The first-order valence-electron chi connectivity index (χ1n) is 14.9. The number of carbonyl (C=O) groups is 10. The number of amides is 8. The Labute approximate surface area is 278 Å². The molecule has 0 aromatic heterocycles. The van der Waals surface area contributed by atoms with E-state index < -0.39 is 100 Å². The number of nitrogens with zero attached hydrogens (tertiary/aromatic N) is 4. The van der Waals surface area contributed by atoms with Crippen LogP contribution < -0.4 is 0 Å². The molecular formula is C28H32N4O16S. The summed E-state index contributed by atoms with van der Waals surface area (Å²) in [6.07, 6.45) is 3.54. The lowest BCUT2D eigenvalue weighted by molar-refractivity contribution is -0.177. The van der Waals surface area contributed by atoms with Gasteiger partial charge < -0.3 is 9.47 Å². The molecular weight excluding hydrogens is 680 g/mol. The summed E-state index contributed by atoms with van der Waals surface area (Å²) in [4.78, 5) is 126. The Morgan fingerprint density at radius 3 is 1.31 bits per heavy atom. The second-order valence-corrected chi connectivity index (χ2v) is 12.7. The van der Waals surface area contributed by atoms with E-state index in [1.54, 1.807) is 0 Å². The van der Waals surface area contributed by atoms with Gasteiger partial charge in [0.25, 0.3) is 47.3 Å². The third-order valence-electron chi connectivity index (χ3n) is 6.92. The molecule has 0 N–H and O–H groups in total. The predicted octanol–water partition coefficient (Wildman–Crippen LogP) is -0.422. The molecule has 2 fully saturated rings. The summed E-state index contributed by atoms with van der Waals surface area (Å²) in [6, 6.07) is 0. The highest BCUT2D eigenvalue weighted by atomic mass is 32.2. The highest BCUT2D eigenvalue weighted by Gasteiger charge is 2.40. The molecule has 49 heavy (non-hydrogen) atoms. The number of unbranched alkanes of at least 4 members (excludes halogenated alkanes) is 2. The third kappa shape index (κ3) is 10.5. The van der Waals surface area contributed by atoms with Crippen molar-refractivity contribution in [3.63, 3.8) is 0 Å². The van der Waals surface area contributed by atoms with Gasteiger partial charge >= 0.3 is 12.3 Å². The number of rotatable bonds is 14. The summed E-state index contributed by atoms with van der Waals surface area (Å²) in [5.74, 6) is -6.14. The molecule has 8 amide bonds. The molecule has 0 spiro atoms. The second-order valence-electron chi connectivity index (χ2n) is 10.4. The normalized spacial score (nSPS) is 17.5. The Morgan fingerprint density at radius 2 is 0.980 bits per heavy atom. The standard InChI is InChI=1S/C14H16N2O12S.C14H16N2O4/c17-9-1-2-10(18)15(9)27-13(21)25-5-7-29(23,24)8-6-26-14(22)28-16-11(19)3-4-12(16)20;1-2-3-4-5-10(15-11(17)6-7-12(15)18)16-13(19)8-9-14(16)20/h1-8H2;6-10H,2-5H2,1H3. The fourth-order valence-electron chi connectivity index (χ4n) is 4.49. The van der Waals surface area contributed by atoms with Gasteiger partial charge in [-0.25, -0.2) is 18.0 Å². The van der Waals surface area contributed by atoms with E-state index in [1.165, 1.54) is 0 Å². The average molecular weight is 713 g/mol. The van der Waals surface area contributed by atoms with E-state index in [-0.39, 0.29) is 35.8 Å². The van der Waals surface area contributed by atoms with Crippen LogP contribution in [0.25, 0.3) is 0 Å². The maximum absolute atomic E-state index is 11.8. The largest absolute Gasteiger partial charge is 0.533 e. The molecule has 0 atom stereocenters. The molecule has 0 radical (unpaired) electrons. The molecule has 0 aliphatic carbocycles. The van der Waals surface area contributed by atoms with Crippen LogP contribution in [-0.4, -0.2) is 119 Å². The van der Waals surface area contributed by atoms with Crippen molar-refractivity contribution in [2.75, 3.05) is 24.7 Å². The number of ether oxygens (including phenoxy) is 2. The van der Waals surface area contributed by atoms with Gasteiger partial charge in [0.05, 0.1) is 11.5 Å². The highest BCUT2D eigenvalue weighted by Crippen LogP contribution is 2.22. The third-order valence-corrected chi connectivity index (χ3v) is 8.50. The lowest BCUT2D eigenvalue weighted by Gasteiger charge is -2.32. The van der Waals surface area contributed by atoms with E-state index >= 15 is 0 Å². The fraction of sp³-hybridized carbons (Fsp3) is 0.500. The van der Waals surface area contributed by atoms with Crippen LogP contribution in [0.1, 0.15) is 58.3 Å². The summed E-state index contributed by atoms with van der Waals surface area (Å²) in [7, 11) is -3.83. The summed E-state index contributed by atoms with van der Waals surface area (Å²) < 4.78 is 32.5. The van der Waals surface area contributed by atoms with E-state index in [2.05, 4.69) is 19.1 Å². The van der Waals surface area contributed by atoms with Crippen molar-refractivity contribution in [2.45, 2.75) is 64.5 Å². The quantitative estimate of drug-likeness (QED) is 0.126. The van der Waals surface area contributed by atoms with Crippen LogP contribution in [0, 0.1) is 0 Å². The first-order valence-corrected chi connectivity index (χ1v) is 16.7. The van der Waals surface area contributed by atoms with Crippen molar-refractivity contribution >= 4 is 69.4 Å². The summed E-state index contributed by atoms with van der Waals surface area (Å²) in [6.45, 7) is 0.744. The zero-order valence-electron chi connectivity index (χ0n) is 26.1. The Balaban J connectivity index is 0.000000284. The van der Waals surface area contributed by atoms with Gasteiger partial charge in [-0.15, -0.1) is 0 Å². The summed E-state index contributed by atoms with van der Waals surface area (Å²) in [5.41, 5.74) is 0. The Morgan fingerprint density at radius 1 is 0.633 bits per heavy atom. The number of hydroxylamine groups is 4. The number of carbonyl (C=O) groups excluding carboxylic acids is 10. The van der Waals surface area contributed by atoms with Crippen LogP contribution in [-0.2, 0) is 67.3 Å². The maximum Gasteiger partial charge on any atom is 0.533 e. The molecule has 4 aliphatic rings. The molecule has 0 aromatic rings. The number of hydrogen-bond donors (Lipinski definition) is 0. The predicted molar refractivity (Wildman–Crippen MR) is 156 cm³/mol. The van der Waals surface area contributed by atoms with Crippen LogP contribution in [0.4, 0.5) is 9.59 Å². The number of imide groups is 4. The topological polar surface area (TPSA) is 255 Å². The van der Waals surface area contributed by atoms with Crippen molar-refractivity contribution in [3.8, 4) is 0 Å². The van der Waals surface area contributed by atoms with Crippen LogP contribution in [0.3, 0.4) is 0 Å². The molecule has 0 saturated carbocycles. The van der Waals surface area contributed by atoms with E-state index in [4.69, 9.17) is 0 Å². The number of sulfone groups is 1. The summed E-state index contributed by atoms with van der Waals surface area (Å²) >= 11 is 0. The van der Waals surface area contributed by atoms with Gasteiger partial charge in [-0.05, 0) is 12.8 Å². The molecule has 0 aromatic carbocycles. The molecule has 2 saturated heterocycles. The first-order chi connectivity index (χ1) is 23.1. The van der Waals surface area contributed by atoms with Crippen molar-refractivity contribution in [2.24, 2.45) is 0 Å². The minimum absolute atomic E-state index is 0.108. The molecule has 266 valence electrons. The van der Waals surface area contributed by atoms with Crippen molar-refractivity contribution < 1.29 is 75.5 Å². The van der Waals surface area contributed by atoms with Crippen LogP contribution in [0.15, 0.2) is 24.3 Å². The van der Waals surface area contributed by atoms with Crippen LogP contribution >= 0.6 is 0 Å². The van der Waals surface area contributed by atoms with Gasteiger partial charge in [-0.2, -0.15) is 0 Å². The molecule has 21 heteroatoms. The zero-order chi connectivity index (χ0) is 36.3. The minimum atomic E-state index is -3.83. The lowest BCUT2D eigenvalue weighted by Crippen LogP contribution is -2.53. The minimum Gasteiger partial charge on any atom is -0.432 e. The first kappa shape index (κ1) is 38.0. The molecule has 20 nitrogen and oxygen atoms in total. The maximum atomic E-state index is 11.8. The number of hydrogen-bond acceptors (Lipinski definition) is 16. The zero-order valence-corrected chi connectivity index (χ0v) is 26.9. The smallest absolute Gasteiger partial charge is 0.432 e. The monoisotopic (exact) mass is 712 g/mol. The molecule has 0 unspecified atom stereocenters. The summed E-state index contributed by atoms with van der Waals surface area (Å²) in [5, 5.41) is 0.484. The molecule has 0 bridgehead atoms. The Kier molecular flexibility index (Phi) is 13.2. The van der Waals surface area contributed by atoms with Crippen LogP contribution in [0.5, 0.6) is 0 Å². The van der Waals surface area contributed by atoms with Gasteiger partial charge in [-0.3, -0.25) is 57.8 Å². The molecule has 4 rings (SSSR count). The van der Waals surface area contributed by atoms with Gasteiger partial charge in [-0.1, -0.05) is 29.9 Å². The van der Waals surface area contributed by atoms with Gasteiger partial charge in [0.2, 0.25) is 0 Å². The van der Waals surface area contributed by atoms with E-state index in [0.29, 0.717) is 6.42 Å². The van der Waals surface area contributed by atoms with E-state index in [9.17, 15) is 56.4 Å². The van der Waals surface area contributed by atoms with Gasteiger partial charge in [0, 0.05) is 50.0 Å². The highest BCUT2D eigenvalue weighted by molar-refractivity contribution is 7.91. The van der Waals surface area contributed by atoms with Gasteiger partial charge in [0.15, 0.2) is 9.84 Å². The van der Waals surface area contributed by atoms with Crippen molar-refractivity contribution in [1.82, 2.24) is 19.9 Å². The van der Waals surface area contributed by atoms with Gasteiger partial charge in [0.1, 0.15) is 19.4 Å². The lowest BCUT2D eigenvalue weighted by atomic mass is 10.1. The second kappa shape index (κ2) is 17.1. The van der Waals surface area contributed by atoms with Crippen molar-refractivity contribution in [1.29, 1.82) is 0 Å². The van der Waals surface area contributed by atoms with Crippen molar-refractivity contribution in [3.05, 3.63) is 24.3 Å². The van der Waals surface area contributed by atoms with E-state index in [1.807, 2.05) is 6.92 Å². The Hall–Kier alpha value is -5.47.